The van der Waals surface area contributed by atoms with E-state index < -0.39 is 11.7 Å². The second-order valence-corrected chi connectivity index (χ2v) is 6.85. The Hall–Kier alpha value is -2.06. The first-order chi connectivity index (χ1) is 12.4. The lowest BCUT2D eigenvalue weighted by Gasteiger charge is -2.33. The van der Waals surface area contributed by atoms with Gasteiger partial charge >= 0.3 is 6.09 Å². The summed E-state index contributed by atoms with van der Waals surface area (Å²) in [6.45, 7) is 3.29. The van der Waals surface area contributed by atoms with Crippen molar-refractivity contribution in [2.75, 3.05) is 12.9 Å². The smallest absolute Gasteiger partial charge is 0.411 e. The predicted molar refractivity (Wildman–Crippen MR) is 107 cm³/mol. The highest BCUT2D eigenvalue weighted by atomic mass is 33.1. The van der Waals surface area contributed by atoms with Gasteiger partial charge in [0.05, 0.1) is 18.4 Å². The van der Waals surface area contributed by atoms with Crippen molar-refractivity contribution >= 4 is 34.3 Å². The van der Waals surface area contributed by atoms with Crippen LogP contribution in [0.25, 0.3) is 0 Å². The molecule has 0 aromatic rings. The standard InChI is InChI=1S/C19H21NO4S2/c1-4-5-6-7-8-9-10-14-15(11-12-26-25)19(2,23)13-16(21)17(14)20-18(22)24-3/h6-7,11,23,25H,10,12-13H2,1-3H3,(H,20,22)/b7-6-,15-11+/t19-/m0/s1. The van der Waals surface area contributed by atoms with Crippen LogP contribution in [0.1, 0.15) is 26.7 Å². The normalized spacial score (nSPS) is 21.1. The molecule has 0 bridgehead atoms. The number of hydrogen-bond donors (Lipinski definition) is 3. The van der Waals surface area contributed by atoms with Gasteiger partial charge in [-0.15, -0.1) is 17.6 Å². The topological polar surface area (TPSA) is 75.6 Å². The minimum absolute atomic E-state index is 0.102. The van der Waals surface area contributed by atoms with Gasteiger partial charge in [0, 0.05) is 18.6 Å². The highest BCUT2D eigenvalue weighted by Crippen LogP contribution is 2.36. The summed E-state index contributed by atoms with van der Waals surface area (Å²) in [4.78, 5) is 24.1. The lowest BCUT2D eigenvalue weighted by molar-refractivity contribution is -0.119. The van der Waals surface area contributed by atoms with E-state index >= 15 is 0 Å². The van der Waals surface area contributed by atoms with Gasteiger partial charge in [-0.25, -0.2) is 4.79 Å². The fourth-order valence-corrected chi connectivity index (χ4v) is 2.90. The number of carbonyl (C=O) groups excluding carboxylic acids is 2. The number of aliphatic hydroxyl groups is 1. The van der Waals surface area contributed by atoms with Gasteiger partial charge in [-0.1, -0.05) is 34.6 Å². The SMILES string of the molecule is CC#C/C=C\C#CCC1=C(NC(=O)OC)C(=O)C[C@](C)(O)/C1=C/CSS. The van der Waals surface area contributed by atoms with Gasteiger partial charge in [-0.3, -0.25) is 10.1 Å². The Kier molecular flexibility index (Phi) is 9.15. The monoisotopic (exact) mass is 391 g/mol. The minimum Gasteiger partial charge on any atom is -0.453 e. The maximum Gasteiger partial charge on any atom is 0.411 e. The number of Topliss-reactive ketones (excluding diaryl/α,β-unsaturated/α-hetero) is 1. The van der Waals surface area contributed by atoms with Gasteiger partial charge < -0.3 is 9.84 Å². The van der Waals surface area contributed by atoms with Gasteiger partial charge in [0.1, 0.15) is 0 Å². The van der Waals surface area contributed by atoms with E-state index in [9.17, 15) is 14.7 Å². The van der Waals surface area contributed by atoms with Crippen LogP contribution in [0.3, 0.4) is 0 Å². The van der Waals surface area contributed by atoms with Crippen LogP contribution >= 0.6 is 22.5 Å². The first-order valence-corrected chi connectivity index (χ1v) is 9.78. The molecule has 0 aliphatic heterocycles. The molecule has 0 spiro atoms. The summed E-state index contributed by atoms with van der Waals surface area (Å²) in [6.07, 6.45) is 4.29. The van der Waals surface area contributed by atoms with E-state index in [0.29, 0.717) is 16.9 Å². The number of ketones is 1. The van der Waals surface area contributed by atoms with Crippen LogP contribution in [0.5, 0.6) is 0 Å². The van der Waals surface area contributed by atoms with Crippen molar-refractivity contribution in [2.24, 2.45) is 0 Å². The zero-order chi connectivity index (χ0) is 19.6. The molecule has 0 aromatic heterocycles. The van der Waals surface area contributed by atoms with Crippen molar-refractivity contribution in [3.63, 3.8) is 0 Å². The number of hydrogen-bond acceptors (Lipinski definition) is 6. The Labute approximate surface area is 163 Å². The molecule has 1 atom stereocenters. The summed E-state index contributed by atoms with van der Waals surface area (Å²) in [5.41, 5.74) is -0.216. The van der Waals surface area contributed by atoms with E-state index in [-0.39, 0.29) is 24.3 Å². The first kappa shape index (κ1) is 22.0. The zero-order valence-electron chi connectivity index (χ0n) is 14.9. The number of carbonyl (C=O) groups is 2. The quantitative estimate of drug-likeness (QED) is 0.390. The second kappa shape index (κ2) is 10.8. The van der Waals surface area contributed by atoms with E-state index in [1.807, 2.05) is 0 Å². The molecular formula is C19H21NO4S2. The number of rotatable bonds is 4. The Morgan fingerprint density at radius 1 is 1.46 bits per heavy atom. The molecule has 26 heavy (non-hydrogen) atoms. The number of amides is 1. The molecule has 7 heteroatoms. The second-order valence-electron chi connectivity index (χ2n) is 5.48. The highest BCUT2D eigenvalue weighted by Gasteiger charge is 2.39. The molecular weight excluding hydrogens is 370 g/mol. The van der Waals surface area contributed by atoms with Crippen molar-refractivity contribution in [3.8, 4) is 23.7 Å². The van der Waals surface area contributed by atoms with Crippen molar-refractivity contribution < 1.29 is 19.4 Å². The fraction of sp³-hybridized carbons (Fsp3) is 0.368. The third-order valence-electron chi connectivity index (χ3n) is 3.53. The Morgan fingerprint density at radius 2 is 2.15 bits per heavy atom. The van der Waals surface area contributed by atoms with Gasteiger partial charge in [-0.05, 0) is 37.1 Å². The Balaban J connectivity index is 3.35. The minimum atomic E-state index is -1.34. The fourth-order valence-electron chi connectivity index (χ4n) is 2.43. The van der Waals surface area contributed by atoms with Crippen molar-refractivity contribution in [2.45, 2.75) is 32.3 Å². The molecule has 0 saturated heterocycles. The molecule has 1 amide bonds. The largest absolute Gasteiger partial charge is 0.453 e. The molecule has 2 N–H and O–H groups in total. The van der Waals surface area contributed by atoms with E-state index in [2.05, 4.69) is 45.4 Å². The molecule has 0 radical (unpaired) electrons. The Bertz CT molecular complexity index is 771. The predicted octanol–water partition coefficient (Wildman–Crippen LogP) is 2.80. The lowest BCUT2D eigenvalue weighted by Crippen LogP contribution is -2.41. The maximum absolute atomic E-state index is 12.4. The average molecular weight is 392 g/mol. The van der Waals surface area contributed by atoms with Crippen LogP contribution in [0.15, 0.2) is 35.1 Å². The van der Waals surface area contributed by atoms with E-state index in [1.165, 1.54) is 17.9 Å². The Morgan fingerprint density at radius 3 is 2.77 bits per heavy atom. The summed E-state index contributed by atoms with van der Waals surface area (Å²) < 4.78 is 4.59. The number of ether oxygens (including phenoxy) is 1. The summed E-state index contributed by atoms with van der Waals surface area (Å²) in [5, 5.41) is 13.2. The summed E-state index contributed by atoms with van der Waals surface area (Å²) in [7, 11) is 2.50. The molecule has 0 fully saturated rings. The van der Waals surface area contributed by atoms with E-state index in [4.69, 9.17) is 0 Å². The molecule has 0 heterocycles. The summed E-state index contributed by atoms with van der Waals surface area (Å²) in [6, 6.07) is 0. The first-order valence-electron chi connectivity index (χ1n) is 7.74. The molecule has 0 saturated carbocycles. The number of methoxy groups -OCH3 is 1. The lowest BCUT2D eigenvalue weighted by atomic mass is 9.77. The average Bonchev–Trinajstić information content (AvgIpc) is 2.59. The third-order valence-corrected chi connectivity index (χ3v) is 4.29. The molecule has 138 valence electrons. The number of nitrogens with one attached hydrogen (secondary N) is 1. The van der Waals surface area contributed by atoms with Gasteiger partial charge in [0.25, 0.3) is 0 Å². The van der Waals surface area contributed by atoms with Crippen molar-refractivity contribution in [1.82, 2.24) is 5.32 Å². The van der Waals surface area contributed by atoms with E-state index in [0.717, 1.165) is 0 Å². The van der Waals surface area contributed by atoms with Crippen LogP contribution in [0.4, 0.5) is 4.79 Å². The van der Waals surface area contributed by atoms with Crippen molar-refractivity contribution in [3.05, 3.63) is 35.1 Å². The molecule has 0 unspecified atom stereocenters. The van der Waals surface area contributed by atoms with Gasteiger partial charge in [0.15, 0.2) is 5.78 Å². The van der Waals surface area contributed by atoms with E-state index in [1.54, 1.807) is 32.1 Å². The number of allylic oxidation sites excluding steroid dienone is 3. The van der Waals surface area contributed by atoms with Crippen LogP contribution < -0.4 is 5.32 Å². The molecule has 0 aromatic carbocycles. The van der Waals surface area contributed by atoms with Crippen LogP contribution in [-0.4, -0.2) is 35.4 Å². The molecule has 1 aliphatic carbocycles. The number of alkyl carbamates (subject to hydrolysis) is 1. The van der Waals surface area contributed by atoms with Gasteiger partial charge in [-0.2, -0.15) is 0 Å². The van der Waals surface area contributed by atoms with Crippen LogP contribution in [0.2, 0.25) is 0 Å². The zero-order valence-corrected chi connectivity index (χ0v) is 16.6. The van der Waals surface area contributed by atoms with Crippen LogP contribution in [-0.2, 0) is 9.53 Å². The summed E-state index contributed by atoms with van der Waals surface area (Å²) in [5.74, 6) is 11.4. The maximum atomic E-state index is 12.4. The molecule has 5 nitrogen and oxygen atoms in total. The summed E-state index contributed by atoms with van der Waals surface area (Å²) >= 11 is 4.10. The molecule has 1 aliphatic rings. The van der Waals surface area contributed by atoms with Gasteiger partial charge in [0.2, 0.25) is 0 Å². The van der Waals surface area contributed by atoms with Crippen molar-refractivity contribution in [1.29, 1.82) is 0 Å². The highest BCUT2D eigenvalue weighted by molar-refractivity contribution is 8.68. The number of thiol groups is 1. The third kappa shape index (κ3) is 6.34. The van der Waals surface area contributed by atoms with Crippen LogP contribution in [0, 0.1) is 23.7 Å². The molecule has 1 rings (SSSR count).